The van der Waals surface area contributed by atoms with Crippen LogP contribution in [0.4, 0.5) is 23.7 Å². The molecule has 0 aliphatic rings. The van der Waals surface area contributed by atoms with Crippen molar-refractivity contribution in [3.05, 3.63) is 29.3 Å². The Bertz CT molecular complexity index is 529. The molecule has 0 aromatic heterocycles. The summed E-state index contributed by atoms with van der Waals surface area (Å²) in [6.07, 6.45) is -4.50. The maximum Gasteiger partial charge on any atom is 0.406 e. The molecule has 0 saturated carbocycles. The Morgan fingerprint density at radius 2 is 1.95 bits per heavy atom. The van der Waals surface area contributed by atoms with Gasteiger partial charge in [-0.05, 0) is 24.6 Å². The number of alkyl halides is 3. The van der Waals surface area contributed by atoms with Crippen molar-refractivity contribution in [2.45, 2.75) is 13.1 Å². The van der Waals surface area contributed by atoms with Crippen LogP contribution in [0.5, 0.6) is 0 Å². The predicted octanol–water partition coefficient (Wildman–Crippen LogP) is 2.72. The maximum absolute atomic E-state index is 12.2. The molecule has 2 amide bonds. The first-order chi connectivity index (χ1) is 9.10. The minimum atomic E-state index is -4.50. The van der Waals surface area contributed by atoms with E-state index in [1.807, 2.05) is 0 Å². The maximum atomic E-state index is 12.2. The Labute approximate surface area is 113 Å². The number of urea groups is 1. The molecule has 20 heavy (non-hydrogen) atoms. The molecule has 0 aliphatic heterocycles. The van der Waals surface area contributed by atoms with Gasteiger partial charge in [0.1, 0.15) is 6.54 Å². The zero-order valence-electron chi connectivity index (χ0n) is 10.8. The summed E-state index contributed by atoms with van der Waals surface area (Å²) in [5, 5.41) is 11.1. The standard InChI is InChI=1S/C12H13F3N2O3/c1-7-3-4-8(10(18)19)5-9(7)16-11(20)17(2)6-12(13,14)15/h3-5H,6H2,1-2H3,(H,16,20)(H,18,19). The Hall–Kier alpha value is -2.25. The number of anilines is 1. The average Bonchev–Trinajstić information content (AvgIpc) is 2.29. The number of aryl methyl sites for hydroxylation is 1. The molecule has 110 valence electrons. The third-order valence-corrected chi connectivity index (χ3v) is 2.49. The fourth-order valence-electron chi connectivity index (χ4n) is 1.44. The molecule has 0 spiro atoms. The number of hydrogen-bond donors (Lipinski definition) is 2. The van der Waals surface area contributed by atoms with Gasteiger partial charge in [0.05, 0.1) is 5.56 Å². The summed E-state index contributed by atoms with van der Waals surface area (Å²) in [6, 6.07) is 3.03. The van der Waals surface area contributed by atoms with Crippen LogP contribution < -0.4 is 5.32 Å². The summed E-state index contributed by atoms with van der Waals surface area (Å²) < 4.78 is 36.5. The van der Waals surface area contributed by atoms with E-state index >= 15 is 0 Å². The van der Waals surface area contributed by atoms with Gasteiger partial charge in [-0.1, -0.05) is 6.07 Å². The first-order valence-electron chi connectivity index (χ1n) is 5.53. The third kappa shape index (κ3) is 4.45. The van der Waals surface area contributed by atoms with Crippen LogP contribution in [0, 0.1) is 6.92 Å². The van der Waals surface area contributed by atoms with E-state index in [2.05, 4.69) is 5.32 Å². The van der Waals surface area contributed by atoms with Crippen molar-refractivity contribution in [3.8, 4) is 0 Å². The van der Waals surface area contributed by atoms with Crippen LogP contribution in [-0.4, -0.2) is 41.8 Å². The van der Waals surface area contributed by atoms with Gasteiger partial charge in [0, 0.05) is 12.7 Å². The molecule has 0 atom stereocenters. The molecule has 0 unspecified atom stereocenters. The fraction of sp³-hybridized carbons (Fsp3) is 0.333. The molecule has 1 aromatic carbocycles. The molecule has 2 N–H and O–H groups in total. The summed E-state index contributed by atoms with van der Waals surface area (Å²) in [6.45, 7) is 0.210. The van der Waals surface area contributed by atoms with Crippen molar-refractivity contribution < 1.29 is 27.9 Å². The summed E-state index contributed by atoms with van der Waals surface area (Å²) in [5.74, 6) is -1.19. The second-order valence-corrected chi connectivity index (χ2v) is 4.24. The van der Waals surface area contributed by atoms with Gasteiger partial charge in [-0.3, -0.25) is 0 Å². The molecule has 5 nitrogen and oxygen atoms in total. The number of hydrogen-bond acceptors (Lipinski definition) is 2. The highest BCUT2D eigenvalue weighted by atomic mass is 19.4. The largest absolute Gasteiger partial charge is 0.478 e. The van der Waals surface area contributed by atoms with E-state index in [1.165, 1.54) is 18.2 Å². The van der Waals surface area contributed by atoms with E-state index in [1.54, 1.807) is 6.92 Å². The van der Waals surface area contributed by atoms with E-state index in [9.17, 15) is 22.8 Å². The summed E-state index contributed by atoms with van der Waals surface area (Å²) in [4.78, 5) is 22.9. The second-order valence-electron chi connectivity index (χ2n) is 4.24. The predicted molar refractivity (Wildman–Crippen MR) is 65.8 cm³/mol. The molecule has 0 radical (unpaired) electrons. The zero-order chi connectivity index (χ0) is 15.5. The third-order valence-electron chi connectivity index (χ3n) is 2.49. The van der Waals surface area contributed by atoms with E-state index in [0.717, 1.165) is 7.05 Å². The number of amides is 2. The quantitative estimate of drug-likeness (QED) is 0.899. The van der Waals surface area contributed by atoms with Gasteiger partial charge >= 0.3 is 18.2 Å². The number of nitrogens with one attached hydrogen (secondary N) is 1. The molecule has 1 rings (SSSR count). The number of halogens is 3. The highest BCUT2D eigenvalue weighted by molar-refractivity contribution is 5.93. The Morgan fingerprint density at radius 3 is 2.45 bits per heavy atom. The van der Waals surface area contributed by atoms with Crippen molar-refractivity contribution in [2.24, 2.45) is 0 Å². The van der Waals surface area contributed by atoms with Crippen LogP contribution in [-0.2, 0) is 0 Å². The van der Waals surface area contributed by atoms with Gasteiger partial charge < -0.3 is 15.3 Å². The number of rotatable bonds is 3. The topological polar surface area (TPSA) is 69.6 Å². The molecule has 8 heteroatoms. The lowest BCUT2D eigenvalue weighted by atomic mass is 10.1. The van der Waals surface area contributed by atoms with E-state index < -0.39 is 24.7 Å². The lowest BCUT2D eigenvalue weighted by Gasteiger charge is -2.20. The van der Waals surface area contributed by atoms with Crippen LogP contribution in [0.1, 0.15) is 15.9 Å². The van der Waals surface area contributed by atoms with Crippen molar-refractivity contribution in [1.82, 2.24) is 4.90 Å². The first-order valence-corrected chi connectivity index (χ1v) is 5.53. The van der Waals surface area contributed by atoms with Crippen molar-refractivity contribution >= 4 is 17.7 Å². The zero-order valence-corrected chi connectivity index (χ0v) is 10.8. The Balaban J connectivity index is 2.85. The Morgan fingerprint density at radius 1 is 1.35 bits per heavy atom. The van der Waals surface area contributed by atoms with Gasteiger partial charge in [0.2, 0.25) is 0 Å². The van der Waals surface area contributed by atoms with E-state index in [4.69, 9.17) is 5.11 Å². The number of benzene rings is 1. The SMILES string of the molecule is Cc1ccc(C(=O)O)cc1NC(=O)N(C)CC(F)(F)F. The number of carboxylic acid groups (broad SMARTS) is 1. The molecular weight excluding hydrogens is 277 g/mol. The number of carboxylic acids is 1. The van der Waals surface area contributed by atoms with Gasteiger partial charge in [-0.25, -0.2) is 9.59 Å². The van der Waals surface area contributed by atoms with Crippen molar-refractivity contribution in [2.75, 3.05) is 18.9 Å². The molecule has 0 heterocycles. The minimum absolute atomic E-state index is 0.0654. The summed E-state index contributed by atoms with van der Waals surface area (Å²) >= 11 is 0. The van der Waals surface area contributed by atoms with Gasteiger partial charge in [0.25, 0.3) is 0 Å². The lowest BCUT2D eigenvalue weighted by molar-refractivity contribution is -0.137. The molecule has 0 saturated heterocycles. The number of carbonyl (C=O) groups excluding carboxylic acids is 1. The molecule has 0 aliphatic carbocycles. The molecule has 1 aromatic rings. The van der Waals surface area contributed by atoms with Crippen LogP contribution in [0.25, 0.3) is 0 Å². The molecule has 0 bridgehead atoms. The van der Waals surface area contributed by atoms with Crippen LogP contribution in [0.2, 0.25) is 0 Å². The van der Waals surface area contributed by atoms with Gasteiger partial charge in [0.15, 0.2) is 0 Å². The fourth-order valence-corrected chi connectivity index (χ4v) is 1.44. The lowest BCUT2D eigenvalue weighted by Crippen LogP contribution is -2.38. The van der Waals surface area contributed by atoms with E-state index in [-0.39, 0.29) is 11.3 Å². The van der Waals surface area contributed by atoms with Crippen molar-refractivity contribution in [3.63, 3.8) is 0 Å². The summed E-state index contributed by atoms with van der Waals surface area (Å²) in [7, 11) is 0.999. The Kier molecular flexibility index (Phi) is 4.59. The summed E-state index contributed by atoms with van der Waals surface area (Å²) in [5.41, 5.74) is 0.636. The molecule has 0 fully saturated rings. The highest BCUT2D eigenvalue weighted by Crippen LogP contribution is 2.19. The second kappa shape index (κ2) is 5.81. The smallest absolute Gasteiger partial charge is 0.406 e. The van der Waals surface area contributed by atoms with Crippen LogP contribution in [0.15, 0.2) is 18.2 Å². The van der Waals surface area contributed by atoms with Gasteiger partial charge in [-0.15, -0.1) is 0 Å². The number of aromatic carboxylic acids is 1. The van der Waals surface area contributed by atoms with Crippen molar-refractivity contribution in [1.29, 1.82) is 0 Å². The minimum Gasteiger partial charge on any atom is -0.478 e. The highest BCUT2D eigenvalue weighted by Gasteiger charge is 2.31. The van der Waals surface area contributed by atoms with Gasteiger partial charge in [-0.2, -0.15) is 13.2 Å². The molecular formula is C12H13F3N2O3. The number of nitrogens with zero attached hydrogens (tertiary/aromatic N) is 1. The average molecular weight is 290 g/mol. The first kappa shape index (κ1) is 15.8. The normalized spacial score (nSPS) is 11.1. The van der Waals surface area contributed by atoms with Crippen LogP contribution >= 0.6 is 0 Å². The number of carbonyl (C=O) groups is 2. The van der Waals surface area contributed by atoms with Crippen LogP contribution in [0.3, 0.4) is 0 Å². The monoisotopic (exact) mass is 290 g/mol. The van der Waals surface area contributed by atoms with E-state index in [0.29, 0.717) is 10.5 Å².